The van der Waals surface area contributed by atoms with Gasteiger partial charge in [0.15, 0.2) is 5.11 Å². The molecule has 2 amide bonds. The first kappa shape index (κ1) is 16.8. The number of thiocarbonyl (C=S) groups is 1. The van der Waals surface area contributed by atoms with E-state index < -0.39 is 17.6 Å². The van der Waals surface area contributed by atoms with Crippen LogP contribution in [0.2, 0.25) is 0 Å². The Morgan fingerprint density at radius 2 is 1.80 bits per heavy atom. The molecule has 7 heteroatoms. The Kier molecular flexibility index (Phi) is 4.58. The van der Waals surface area contributed by atoms with Gasteiger partial charge >= 0.3 is 0 Å². The van der Waals surface area contributed by atoms with E-state index in [9.17, 15) is 14.0 Å². The van der Waals surface area contributed by atoms with Gasteiger partial charge in [-0.2, -0.15) is 0 Å². The molecule has 0 aromatic heterocycles. The van der Waals surface area contributed by atoms with E-state index in [1.165, 1.54) is 31.4 Å². The Labute approximate surface area is 148 Å². The standard InChI is InChI=1S/C18H13FN2O3S/c1-24-15-9-5-2-6-11(15)10-12-16(22)20-18(25)21(17(12)23)14-8-4-3-7-13(14)19/h2-10H,1H3,(H,20,22,25)/b12-10+. The van der Waals surface area contributed by atoms with Crippen LogP contribution in [-0.2, 0) is 9.59 Å². The van der Waals surface area contributed by atoms with E-state index in [2.05, 4.69) is 5.32 Å². The molecule has 1 heterocycles. The summed E-state index contributed by atoms with van der Waals surface area (Å²) in [6.45, 7) is 0. The molecular formula is C18H13FN2O3S. The number of hydrogen-bond donors (Lipinski definition) is 1. The molecule has 0 aliphatic carbocycles. The second-order valence-electron chi connectivity index (χ2n) is 5.15. The number of rotatable bonds is 3. The lowest BCUT2D eigenvalue weighted by Gasteiger charge is -2.29. The van der Waals surface area contributed by atoms with Gasteiger partial charge in [-0.1, -0.05) is 30.3 Å². The van der Waals surface area contributed by atoms with E-state index in [-0.39, 0.29) is 16.4 Å². The maximum atomic E-state index is 14.1. The molecular weight excluding hydrogens is 343 g/mol. The van der Waals surface area contributed by atoms with Crippen LogP contribution in [0, 0.1) is 5.82 Å². The molecule has 126 valence electrons. The molecule has 5 nitrogen and oxygen atoms in total. The van der Waals surface area contributed by atoms with Crippen LogP contribution in [0.3, 0.4) is 0 Å². The quantitative estimate of drug-likeness (QED) is 0.522. The van der Waals surface area contributed by atoms with Crippen molar-refractivity contribution in [1.29, 1.82) is 0 Å². The van der Waals surface area contributed by atoms with Crippen LogP contribution in [0.25, 0.3) is 6.08 Å². The third-order valence-corrected chi connectivity index (χ3v) is 3.92. The van der Waals surface area contributed by atoms with Crippen molar-refractivity contribution < 1.29 is 18.7 Å². The van der Waals surface area contributed by atoms with Crippen molar-refractivity contribution >= 4 is 40.9 Å². The molecule has 0 bridgehead atoms. The number of anilines is 1. The molecule has 1 saturated heterocycles. The number of amides is 2. The van der Waals surface area contributed by atoms with Gasteiger partial charge in [0, 0.05) is 5.56 Å². The molecule has 0 unspecified atom stereocenters. The molecule has 1 fully saturated rings. The van der Waals surface area contributed by atoms with Gasteiger partial charge in [0.05, 0.1) is 12.8 Å². The van der Waals surface area contributed by atoms with Crippen molar-refractivity contribution in [3.63, 3.8) is 0 Å². The minimum absolute atomic E-state index is 0.0246. The maximum Gasteiger partial charge on any atom is 0.270 e. The SMILES string of the molecule is COc1ccccc1/C=C1\C(=O)NC(=S)N(c2ccccc2F)C1=O. The van der Waals surface area contributed by atoms with Gasteiger partial charge in [-0.3, -0.25) is 14.9 Å². The molecule has 0 atom stereocenters. The highest BCUT2D eigenvalue weighted by atomic mass is 32.1. The van der Waals surface area contributed by atoms with Crippen molar-refractivity contribution in [2.24, 2.45) is 0 Å². The van der Waals surface area contributed by atoms with Crippen molar-refractivity contribution in [2.75, 3.05) is 12.0 Å². The number of carbonyl (C=O) groups excluding carboxylic acids is 2. The van der Waals surface area contributed by atoms with Crippen LogP contribution in [-0.4, -0.2) is 24.0 Å². The van der Waals surface area contributed by atoms with Crippen LogP contribution in [0.15, 0.2) is 54.1 Å². The number of benzene rings is 2. The number of ether oxygens (including phenoxy) is 1. The summed E-state index contributed by atoms with van der Waals surface area (Å²) in [5.41, 5.74) is 0.356. The average Bonchev–Trinajstić information content (AvgIpc) is 2.60. The molecule has 0 radical (unpaired) electrons. The fraction of sp³-hybridized carbons (Fsp3) is 0.0556. The largest absolute Gasteiger partial charge is 0.496 e. The lowest BCUT2D eigenvalue weighted by atomic mass is 10.1. The zero-order valence-corrected chi connectivity index (χ0v) is 14.0. The zero-order chi connectivity index (χ0) is 18.0. The fourth-order valence-electron chi connectivity index (χ4n) is 2.45. The summed E-state index contributed by atoms with van der Waals surface area (Å²) < 4.78 is 19.3. The van der Waals surface area contributed by atoms with Gasteiger partial charge in [-0.15, -0.1) is 0 Å². The van der Waals surface area contributed by atoms with E-state index in [4.69, 9.17) is 17.0 Å². The molecule has 1 N–H and O–H groups in total. The minimum atomic E-state index is -0.704. The molecule has 3 rings (SSSR count). The fourth-order valence-corrected chi connectivity index (χ4v) is 2.72. The molecule has 0 saturated carbocycles. The summed E-state index contributed by atoms with van der Waals surface area (Å²) in [5.74, 6) is -1.47. The number of para-hydroxylation sites is 2. The first-order chi connectivity index (χ1) is 12.0. The van der Waals surface area contributed by atoms with E-state index in [1.54, 1.807) is 30.3 Å². The Morgan fingerprint density at radius 1 is 1.12 bits per heavy atom. The first-order valence-electron chi connectivity index (χ1n) is 7.32. The lowest BCUT2D eigenvalue weighted by molar-refractivity contribution is -0.122. The van der Waals surface area contributed by atoms with Gasteiger partial charge in [0.2, 0.25) is 0 Å². The molecule has 1 aliphatic rings. The predicted octanol–water partition coefficient (Wildman–Crippen LogP) is 2.67. The number of nitrogens with zero attached hydrogens (tertiary/aromatic N) is 1. The Morgan fingerprint density at radius 3 is 2.52 bits per heavy atom. The van der Waals surface area contributed by atoms with E-state index >= 15 is 0 Å². The average molecular weight is 356 g/mol. The Bertz CT molecular complexity index is 911. The number of nitrogens with one attached hydrogen (secondary N) is 1. The van der Waals surface area contributed by atoms with Crippen LogP contribution < -0.4 is 15.0 Å². The van der Waals surface area contributed by atoms with Crippen molar-refractivity contribution in [3.05, 3.63) is 65.5 Å². The molecule has 2 aromatic carbocycles. The number of carbonyl (C=O) groups is 2. The van der Waals surface area contributed by atoms with Gasteiger partial charge in [-0.25, -0.2) is 9.29 Å². The topological polar surface area (TPSA) is 58.6 Å². The summed E-state index contributed by atoms with van der Waals surface area (Å²) in [7, 11) is 1.49. The van der Waals surface area contributed by atoms with Crippen molar-refractivity contribution in [3.8, 4) is 5.75 Å². The number of halogens is 1. The van der Waals surface area contributed by atoms with Crippen LogP contribution in [0.5, 0.6) is 5.75 Å². The van der Waals surface area contributed by atoms with Crippen molar-refractivity contribution in [1.82, 2.24) is 5.32 Å². The molecule has 25 heavy (non-hydrogen) atoms. The van der Waals surface area contributed by atoms with E-state index in [0.717, 1.165) is 4.90 Å². The van der Waals surface area contributed by atoms with Gasteiger partial charge < -0.3 is 4.74 Å². The monoisotopic (exact) mass is 356 g/mol. The normalized spacial score (nSPS) is 16.2. The zero-order valence-electron chi connectivity index (χ0n) is 13.2. The maximum absolute atomic E-state index is 14.1. The summed E-state index contributed by atoms with van der Waals surface area (Å²) in [6, 6.07) is 12.6. The molecule has 2 aromatic rings. The van der Waals surface area contributed by atoms with Gasteiger partial charge in [0.25, 0.3) is 11.8 Å². The highest BCUT2D eigenvalue weighted by Gasteiger charge is 2.35. The second-order valence-corrected chi connectivity index (χ2v) is 5.54. The predicted molar refractivity (Wildman–Crippen MR) is 95.6 cm³/mol. The molecule has 0 spiro atoms. The van der Waals surface area contributed by atoms with Crippen LogP contribution in [0.1, 0.15) is 5.56 Å². The number of methoxy groups -OCH3 is 1. The minimum Gasteiger partial charge on any atom is -0.496 e. The smallest absolute Gasteiger partial charge is 0.270 e. The van der Waals surface area contributed by atoms with Crippen LogP contribution >= 0.6 is 12.2 Å². The van der Waals surface area contributed by atoms with E-state index in [0.29, 0.717) is 11.3 Å². The summed E-state index contributed by atoms with van der Waals surface area (Å²) in [4.78, 5) is 26.0. The van der Waals surface area contributed by atoms with E-state index in [1.807, 2.05) is 0 Å². The first-order valence-corrected chi connectivity index (χ1v) is 7.72. The van der Waals surface area contributed by atoms with Crippen LogP contribution in [0.4, 0.5) is 10.1 Å². The molecule has 1 aliphatic heterocycles. The van der Waals surface area contributed by atoms with Gasteiger partial charge in [-0.05, 0) is 36.5 Å². The lowest BCUT2D eigenvalue weighted by Crippen LogP contribution is -2.54. The van der Waals surface area contributed by atoms with Gasteiger partial charge in [0.1, 0.15) is 17.1 Å². The third-order valence-electron chi connectivity index (χ3n) is 3.63. The Hall–Kier alpha value is -3.06. The second kappa shape index (κ2) is 6.82. The summed E-state index contributed by atoms with van der Waals surface area (Å²) in [5, 5.41) is 2.25. The summed E-state index contributed by atoms with van der Waals surface area (Å²) in [6.07, 6.45) is 1.39. The summed E-state index contributed by atoms with van der Waals surface area (Å²) >= 11 is 5.04. The van der Waals surface area contributed by atoms with Crippen molar-refractivity contribution in [2.45, 2.75) is 0 Å². The highest BCUT2D eigenvalue weighted by Crippen LogP contribution is 2.26. The highest BCUT2D eigenvalue weighted by molar-refractivity contribution is 7.80. The Balaban J connectivity index is 2.07. The third kappa shape index (κ3) is 3.14. The number of hydrogen-bond acceptors (Lipinski definition) is 4.